The normalized spacial score (nSPS) is 19.5. The zero-order valence-corrected chi connectivity index (χ0v) is 17.6. The number of carbonyl (C=O) groups is 2. The molecule has 2 aliphatic rings. The molecule has 0 saturated carbocycles. The second-order valence-corrected chi connectivity index (χ2v) is 9.47. The molecule has 1 atom stereocenters. The number of carbonyl (C=O) groups excluding carboxylic acids is 2. The Bertz CT molecular complexity index is 654. The number of rotatable bonds is 4. The molecule has 3 rings (SSSR count). The smallest absolute Gasteiger partial charge is 0.317 e. The third-order valence-electron chi connectivity index (χ3n) is 5.87. The van der Waals surface area contributed by atoms with E-state index in [-0.39, 0.29) is 23.4 Å². The summed E-state index contributed by atoms with van der Waals surface area (Å²) in [7, 11) is 0. The number of nitrogens with zero attached hydrogens (tertiary/aromatic N) is 2. The molecule has 2 heterocycles. The van der Waals surface area contributed by atoms with Crippen molar-refractivity contribution in [3.63, 3.8) is 0 Å². The summed E-state index contributed by atoms with van der Waals surface area (Å²) in [6.45, 7) is 9.73. The molecular formula is C23H35N3O2. The Kier molecular flexibility index (Phi) is 6.63. The van der Waals surface area contributed by atoms with Gasteiger partial charge in [-0.2, -0.15) is 0 Å². The molecule has 0 bridgehead atoms. The molecule has 1 aromatic rings. The second kappa shape index (κ2) is 8.97. The summed E-state index contributed by atoms with van der Waals surface area (Å²) in [5.41, 5.74) is 1.26. The number of likely N-dealkylation sites (tertiary alicyclic amines) is 2. The van der Waals surface area contributed by atoms with Crippen LogP contribution in [0, 0.1) is 11.3 Å². The van der Waals surface area contributed by atoms with Crippen LogP contribution >= 0.6 is 0 Å². The van der Waals surface area contributed by atoms with Crippen LogP contribution in [0.1, 0.15) is 64.5 Å². The maximum atomic E-state index is 12.9. The third-order valence-corrected chi connectivity index (χ3v) is 5.87. The molecule has 3 amide bonds. The highest BCUT2D eigenvalue weighted by Crippen LogP contribution is 2.30. The van der Waals surface area contributed by atoms with E-state index in [1.54, 1.807) is 0 Å². The van der Waals surface area contributed by atoms with Crippen LogP contribution in [0.15, 0.2) is 30.3 Å². The van der Waals surface area contributed by atoms with Crippen molar-refractivity contribution in [1.82, 2.24) is 15.1 Å². The molecule has 5 nitrogen and oxygen atoms in total. The largest absolute Gasteiger partial charge is 0.342 e. The van der Waals surface area contributed by atoms with Crippen molar-refractivity contribution in [3.8, 4) is 0 Å². The van der Waals surface area contributed by atoms with Gasteiger partial charge in [-0.05, 0) is 43.1 Å². The molecule has 0 unspecified atom stereocenters. The van der Waals surface area contributed by atoms with Crippen LogP contribution in [0.25, 0.3) is 0 Å². The summed E-state index contributed by atoms with van der Waals surface area (Å²) in [5.74, 6) is 0.383. The minimum atomic E-state index is -0.00910. The Hall–Kier alpha value is -2.04. The first-order valence-corrected chi connectivity index (χ1v) is 10.7. The molecule has 1 aromatic carbocycles. The summed E-state index contributed by atoms with van der Waals surface area (Å²) in [4.78, 5) is 29.4. The van der Waals surface area contributed by atoms with Crippen LogP contribution in [0.2, 0.25) is 0 Å². The Balaban J connectivity index is 1.56. The summed E-state index contributed by atoms with van der Waals surface area (Å²) in [6, 6.07) is 10.2. The number of hydrogen-bond donors (Lipinski definition) is 1. The lowest BCUT2D eigenvalue weighted by molar-refractivity contribution is -0.135. The van der Waals surface area contributed by atoms with Gasteiger partial charge in [0, 0.05) is 32.1 Å². The standard InChI is InChI=1S/C23H35N3O2/c1-23(2,3)17-20(18-9-5-4-6-10-18)24-22(28)26-15-11-19(12-16-26)21(27)25-13-7-8-14-25/h4-6,9-10,19-20H,7-8,11-17H2,1-3H3,(H,24,28)/t20-/m0/s1. The fourth-order valence-electron chi connectivity index (χ4n) is 4.32. The van der Waals surface area contributed by atoms with Crippen molar-refractivity contribution in [3.05, 3.63) is 35.9 Å². The molecule has 2 fully saturated rings. The predicted molar refractivity (Wildman–Crippen MR) is 112 cm³/mol. The Morgan fingerprint density at radius 2 is 1.61 bits per heavy atom. The topological polar surface area (TPSA) is 52.7 Å². The van der Waals surface area contributed by atoms with E-state index >= 15 is 0 Å². The average Bonchev–Trinajstić information content (AvgIpc) is 3.21. The lowest BCUT2D eigenvalue weighted by Crippen LogP contribution is -2.48. The number of amides is 3. The minimum absolute atomic E-state index is 0.00217. The van der Waals surface area contributed by atoms with Gasteiger partial charge >= 0.3 is 6.03 Å². The lowest BCUT2D eigenvalue weighted by atomic mass is 9.85. The maximum absolute atomic E-state index is 12.9. The monoisotopic (exact) mass is 385 g/mol. The molecule has 0 aliphatic carbocycles. The van der Waals surface area contributed by atoms with Crippen LogP contribution in [0.4, 0.5) is 4.79 Å². The first kappa shape index (κ1) is 20.7. The van der Waals surface area contributed by atoms with Gasteiger partial charge < -0.3 is 15.1 Å². The molecule has 0 aromatic heterocycles. The van der Waals surface area contributed by atoms with E-state index in [4.69, 9.17) is 0 Å². The Labute approximate surface area is 169 Å². The van der Waals surface area contributed by atoms with Crippen LogP contribution in [0.5, 0.6) is 0 Å². The van der Waals surface area contributed by atoms with Gasteiger partial charge in [-0.1, -0.05) is 51.1 Å². The van der Waals surface area contributed by atoms with Gasteiger partial charge in [-0.3, -0.25) is 4.79 Å². The highest BCUT2D eigenvalue weighted by molar-refractivity contribution is 5.80. The molecule has 5 heteroatoms. The molecule has 2 saturated heterocycles. The Morgan fingerprint density at radius 1 is 1.00 bits per heavy atom. The first-order valence-electron chi connectivity index (χ1n) is 10.7. The minimum Gasteiger partial charge on any atom is -0.342 e. The van der Waals surface area contributed by atoms with Gasteiger partial charge in [0.15, 0.2) is 0 Å². The fourth-order valence-corrected chi connectivity index (χ4v) is 4.32. The van der Waals surface area contributed by atoms with Crippen molar-refractivity contribution in [2.45, 2.75) is 58.9 Å². The number of urea groups is 1. The maximum Gasteiger partial charge on any atom is 0.317 e. The lowest BCUT2D eigenvalue weighted by Gasteiger charge is -2.35. The molecule has 0 radical (unpaired) electrons. The van der Waals surface area contributed by atoms with Gasteiger partial charge in [0.2, 0.25) is 5.91 Å². The zero-order chi connectivity index (χ0) is 20.1. The molecule has 1 N–H and O–H groups in total. The summed E-state index contributed by atoms with van der Waals surface area (Å²) >= 11 is 0. The molecule has 2 aliphatic heterocycles. The summed E-state index contributed by atoms with van der Waals surface area (Å²) < 4.78 is 0. The van der Waals surface area contributed by atoms with E-state index < -0.39 is 0 Å². The Morgan fingerprint density at radius 3 is 2.18 bits per heavy atom. The highest BCUT2D eigenvalue weighted by Gasteiger charge is 2.32. The predicted octanol–water partition coefficient (Wildman–Crippen LogP) is 4.21. The quantitative estimate of drug-likeness (QED) is 0.844. The zero-order valence-electron chi connectivity index (χ0n) is 17.6. The van der Waals surface area contributed by atoms with Gasteiger partial charge in [0.25, 0.3) is 0 Å². The number of nitrogens with one attached hydrogen (secondary N) is 1. The average molecular weight is 386 g/mol. The van der Waals surface area contributed by atoms with Crippen molar-refractivity contribution in [1.29, 1.82) is 0 Å². The van der Waals surface area contributed by atoms with Gasteiger partial charge in [0.05, 0.1) is 6.04 Å². The second-order valence-electron chi connectivity index (χ2n) is 9.47. The molecule has 0 spiro atoms. The van der Waals surface area contributed by atoms with Gasteiger partial charge in [0.1, 0.15) is 0 Å². The van der Waals surface area contributed by atoms with Crippen LogP contribution in [-0.4, -0.2) is 47.9 Å². The molecule has 28 heavy (non-hydrogen) atoms. The van der Waals surface area contributed by atoms with E-state index in [0.717, 1.165) is 50.8 Å². The van der Waals surface area contributed by atoms with Gasteiger partial charge in [-0.15, -0.1) is 0 Å². The summed E-state index contributed by atoms with van der Waals surface area (Å²) in [6.07, 6.45) is 4.69. The number of hydrogen-bond acceptors (Lipinski definition) is 2. The van der Waals surface area contributed by atoms with E-state index in [2.05, 4.69) is 38.2 Å². The fraction of sp³-hybridized carbons (Fsp3) is 0.652. The number of piperidine rings is 1. The van der Waals surface area contributed by atoms with E-state index in [0.29, 0.717) is 19.0 Å². The van der Waals surface area contributed by atoms with Crippen molar-refractivity contribution < 1.29 is 9.59 Å². The van der Waals surface area contributed by atoms with E-state index in [9.17, 15) is 9.59 Å². The van der Waals surface area contributed by atoms with Crippen molar-refractivity contribution in [2.24, 2.45) is 11.3 Å². The van der Waals surface area contributed by atoms with E-state index in [1.165, 1.54) is 0 Å². The van der Waals surface area contributed by atoms with E-state index in [1.807, 2.05) is 28.0 Å². The van der Waals surface area contributed by atoms with Crippen LogP contribution in [-0.2, 0) is 4.79 Å². The highest BCUT2D eigenvalue weighted by atomic mass is 16.2. The third kappa shape index (κ3) is 5.49. The SMILES string of the molecule is CC(C)(C)C[C@H](NC(=O)N1CCC(C(=O)N2CCCC2)CC1)c1ccccc1. The summed E-state index contributed by atoms with van der Waals surface area (Å²) in [5, 5.41) is 3.25. The van der Waals surface area contributed by atoms with Crippen LogP contribution < -0.4 is 5.32 Å². The van der Waals surface area contributed by atoms with Crippen molar-refractivity contribution in [2.75, 3.05) is 26.2 Å². The first-order chi connectivity index (χ1) is 13.3. The van der Waals surface area contributed by atoms with Crippen LogP contribution in [0.3, 0.4) is 0 Å². The van der Waals surface area contributed by atoms with Gasteiger partial charge in [-0.25, -0.2) is 4.79 Å². The van der Waals surface area contributed by atoms with Crippen molar-refractivity contribution >= 4 is 11.9 Å². The molecule has 154 valence electrons. The number of benzene rings is 1. The molecular weight excluding hydrogens is 350 g/mol.